The maximum Gasteiger partial charge on any atom is 0.292 e. The number of hydrogen-bond acceptors (Lipinski definition) is 4. The van der Waals surface area contributed by atoms with Crippen molar-refractivity contribution in [2.24, 2.45) is 11.7 Å². The van der Waals surface area contributed by atoms with E-state index < -0.39 is 5.91 Å². The van der Waals surface area contributed by atoms with Gasteiger partial charge in [0.15, 0.2) is 10.4 Å². The molecule has 2 aromatic rings. The molecule has 5 nitrogen and oxygen atoms in total. The molecule has 0 aromatic carbocycles. The highest BCUT2D eigenvalue weighted by Crippen LogP contribution is 2.40. The Morgan fingerprint density at radius 3 is 2.88 bits per heavy atom. The van der Waals surface area contributed by atoms with Crippen molar-refractivity contribution >= 4 is 44.1 Å². The predicted octanol–water partition coefficient (Wildman–Crippen LogP) is 4.36. The number of rotatable bonds is 5. The van der Waals surface area contributed by atoms with Crippen LogP contribution >= 0.6 is 27.3 Å². The van der Waals surface area contributed by atoms with Gasteiger partial charge in [-0.2, -0.15) is 0 Å². The van der Waals surface area contributed by atoms with Gasteiger partial charge in [0.2, 0.25) is 0 Å². The maximum atomic E-state index is 12.3. The molecule has 3 N–H and O–H groups in total. The summed E-state index contributed by atoms with van der Waals surface area (Å²) in [4.78, 5) is 25.4. The average Bonchev–Trinajstić information content (AvgIpc) is 3.10. The fourth-order valence-corrected chi connectivity index (χ4v) is 4.93. The van der Waals surface area contributed by atoms with E-state index in [2.05, 4.69) is 28.2 Å². The minimum absolute atomic E-state index is 0.188. The molecule has 24 heavy (non-hydrogen) atoms. The van der Waals surface area contributed by atoms with Gasteiger partial charge in [-0.15, -0.1) is 11.3 Å². The van der Waals surface area contributed by atoms with Gasteiger partial charge in [-0.3, -0.25) is 9.59 Å². The Bertz CT molecular complexity index is 781. The summed E-state index contributed by atoms with van der Waals surface area (Å²) in [6.07, 6.45) is 5.21. The number of halogens is 1. The zero-order valence-electron chi connectivity index (χ0n) is 13.4. The molecule has 0 spiro atoms. The number of hydrogen-bond donors (Lipinski definition) is 2. The molecule has 1 aliphatic carbocycles. The summed E-state index contributed by atoms with van der Waals surface area (Å²) in [6.45, 7) is 2.19. The SMILES string of the molecule is CCC[C@H]1CCc2c(sc(NC(=O)c3ccc(Br)o3)c2C(N)=O)C1. The lowest BCUT2D eigenvalue weighted by molar-refractivity contribution is 0.0996. The molecule has 1 aliphatic rings. The average molecular weight is 411 g/mol. The Morgan fingerprint density at radius 1 is 1.46 bits per heavy atom. The van der Waals surface area contributed by atoms with Crippen LogP contribution in [0.4, 0.5) is 5.00 Å². The van der Waals surface area contributed by atoms with Gasteiger partial charge in [0.05, 0.1) is 5.56 Å². The van der Waals surface area contributed by atoms with E-state index in [1.807, 2.05) is 0 Å². The number of nitrogens with two attached hydrogens (primary N) is 1. The Labute approximate surface area is 152 Å². The molecule has 0 aliphatic heterocycles. The molecule has 0 bridgehead atoms. The first-order chi connectivity index (χ1) is 11.5. The maximum absolute atomic E-state index is 12.3. The molecule has 7 heteroatoms. The first-order valence-electron chi connectivity index (χ1n) is 8.00. The summed E-state index contributed by atoms with van der Waals surface area (Å²) in [6, 6.07) is 3.23. The first kappa shape index (κ1) is 17.2. The molecule has 2 amide bonds. The van der Waals surface area contributed by atoms with Gasteiger partial charge >= 0.3 is 0 Å². The number of anilines is 1. The largest absolute Gasteiger partial charge is 0.444 e. The fraction of sp³-hybridized carbons (Fsp3) is 0.412. The van der Waals surface area contributed by atoms with Gasteiger partial charge in [0.1, 0.15) is 5.00 Å². The molecule has 0 fully saturated rings. The molecule has 0 saturated heterocycles. The van der Waals surface area contributed by atoms with Crippen LogP contribution in [0.3, 0.4) is 0 Å². The predicted molar refractivity (Wildman–Crippen MR) is 97.6 cm³/mol. The number of furan rings is 1. The van der Waals surface area contributed by atoms with Gasteiger partial charge in [-0.05, 0) is 58.8 Å². The van der Waals surface area contributed by atoms with Crippen molar-refractivity contribution in [3.05, 3.63) is 38.6 Å². The zero-order chi connectivity index (χ0) is 17.3. The van der Waals surface area contributed by atoms with E-state index in [1.54, 1.807) is 12.1 Å². The topological polar surface area (TPSA) is 85.3 Å². The Balaban J connectivity index is 1.88. The van der Waals surface area contributed by atoms with E-state index in [1.165, 1.54) is 22.6 Å². The quantitative estimate of drug-likeness (QED) is 0.767. The van der Waals surface area contributed by atoms with Crippen LogP contribution < -0.4 is 11.1 Å². The monoisotopic (exact) mass is 410 g/mol. The molecule has 3 rings (SSSR count). The number of primary amides is 1. The number of amides is 2. The zero-order valence-corrected chi connectivity index (χ0v) is 15.8. The lowest BCUT2D eigenvalue weighted by atomic mass is 9.84. The van der Waals surface area contributed by atoms with E-state index in [-0.39, 0.29) is 11.7 Å². The second-order valence-corrected chi connectivity index (χ2v) is 7.91. The van der Waals surface area contributed by atoms with Crippen LogP contribution in [0.5, 0.6) is 0 Å². The lowest BCUT2D eigenvalue weighted by Crippen LogP contribution is -2.19. The third-order valence-electron chi connectivity index (χ3n) is 4.33. The van der Waals surface area contributed by atoms with Crippen LogP contribution in [0, 0.1) is 5.92 Å². The van der Waals surface area contributed by atoms with E-state index in [0.29, 0.717) is 21.2 Å². The highest BCUT2D eigenvalue weighted by molar-refractivity contribution is 9.10. The number of fused-ring (bicyclic) bond motifs is 1. The van der Waals surface area contributed by atoms with Gasteiger partial charge in [0.25, 0.3) is 11.8 Å². The van der Waals surface area contributed by atoms with Crippen molar-refractivity contribution in [1.29, 1.82) is 0 Å². The van der Waals surface area contributed by atoms with Crippen molar-refractivity contribution in [1.82, 2.24) is 0 Å². The minimum Gasteiger partial charge on any atom is -0.444 e. The van der Waals surface area contributed by atoms with E-state index >= 15 is 0 Å². The van der Waals surface area contributed by atoms with E-state index in [0.717, 1.165) is 31.2 Å². The highest BCUT2D eigenvalue weighted by Gasteiger charge is 2.28. The number of thiophene rings is 1. The van der Waals surface area contributed by atoms with Crippen LogP contribution in [0.25, 0.3) is 0 Å². The highest BCUT2D eigenvalue weighted by atomic mass is 79.9. The molecule has 0 radical (unpaired) electrons. The number of carbonyl (C=O) groups is 2. The van der Waals surface area contributed by atoms with E-state index in [4.69, 9.17) is 10.2 Å². The van der Waals surface area contributed by atoms with Crippen LogP contribution in [0.15, 0.2) is 21.2 Å². The third-order valence-corrected chi connectivity index (χ3v) is 5.93. The third kappa shape index (κ3) is 3.42. The van der Waals surface area contributed by atoms with Crippen LogP contribution in [-0.4, -0.2) is 11.8 Å². The fourth-order valence-electron chi connectivity index (χ4n) is 3.26. The molecule has 0 unspecified atom stereocenters. The Morgan fingerprint density at radius 2 is 2.25 bits per heavy atom. The molecule has 0 saturated carbocycles. The van der Waals surface area contributed by atoms with Crippen molar-refractivity contribution in [3.63, 3.8) is 0 Å². The molecular formula is C17H19BrN2O3S. The normalized spacial score (nSPS) is 16.7. The molecule has 1 atom stereocenters. The van der Waals surface area contributed by atoms with Gasteiger partial charge < -0.3 is 15.5 Å². The second kappa shape index (κ2) is 7.11. The van der Waals surface area contributed by atoms with Gasteiger partial charge in [0, 0.05) is 4.88 Å². The minimum atomic E-state index is -0.489. The smallest absolute Gasteiger partial charge is 0.292 e. The van der Waals surface area contributed by atoms with Crippen LogP contribution in [-0.2, 0) is 12.8 Å². The van der Waals surface area contributed by atoms with Crippen molar-refractivity contribution < 1.29 is 14.0 Å². The Kier molecular flexibility index (Phi) is 5.10. The van der Waals surface area contributed by atoms with Crippen molar-refractivity contribution in [3.8, 4) is 0 Å². The second-order valence-electron chi connectivity index (χ2n) is 6.03. The standard InChI is InChI=1S/C17H19BrN2O3S/c1-2-3-9-4-5-10-12(8-9)24-17(14(10)15(19)21)20-16(22)11-6-7-13(18)23-11/h6-7,9H,2-5,8H2,1H3,(H2,19,21)(H,20,22)/t9-/m0/s1. The molecule has 128 valence electrons. The first-order valence-corrected chi connectivity index (χ1v) is 9.61. The molecular weight excluding hydrogens is 392 g/mol. The summed E-state index contributed by atoms with van der Waals surface area (Å²) in [7, 11) is 0. The van der Waals surface area contributed by atoms with Crippen molar-refractivity contribution in [2.45, 2.75) is 39.0 Å². The summed E-state index contributed by atoms with van der Waals surface area (Å²) in [5.74, 6) is -0.0387. The summed E-state index contributed by atoms with van der Waals surface area (Å²) < 4.78 is 5.74. The summed E-state index contributed by atoms with van der Waals surface area (Å²) in [5.41, 5.74) is 7.05. The number of nitrogens with one attached hydrogen (secondary N) is 1. The van der Waals surface area contributed by atoms with Gasteiger partial charge in [-0.25, -0.2) is 0 Å². The van der Waals surface area contributed by atoms with Gasteiger partial charge in [-0.1, -0.05) is 19.8 Å². The summed E-state index contributed by atoms with van der Waals surface area (Å²) in [5, 5.41) is 3.32. The van der Waals surface area contributed by atoms with Crippen LogP contribution in [0.2, 0.25) is 0 Å². The van der Waals surface area contributed by atoms with E-state index in [9.17, 15) is 9.59 Å². The van der Waals surface area contributed by atoms with Crippen LogP contribution in [0.1, 0.15) is 57.5 Å². The lowest BCUT2D eigenvalue weighted by Gasteiger charge is -2.21. The molecule has 2 aromatic heterocycles. The summed E-state index contributed by atoms with van der Waals surface area (Å²) >= 11 is 4.64. The molecule has 2 heterocycles. The number of carbonyl (C=O) groups excluding carboxylic acids is 2. The van der Waals surface area contributed by atoms with Crippen molar-refractivity contribution in [2.75, 3.05) is 5.32 Å². The Hall–Kier alpha value is -1.60.